The van der Waals surface area contributed by atoms with E-state index in [2.05, 4.69) is 22.2 Å². The van der Waals surface area contributed by atoms with Crippen LogP contribution >= 0.6 is 11.6 Å². The average Bonchev–Trinajstić information content (AvgIpc) is 3.20. The molecule has 2 aromatic heterocycles. The number of hydrogen-bond acceptors (Lipinski definition) is 5. The number of benzene rings is 2. The number of hydrogen-bond donors (Lipinski definition) is 1. The fourth-order valence-electron chi connectivity index (χ4n) is 3.93. The minimum absolute atomic E-state index is 0.629. The number of nitrogens with zero attached hydrogens (tertiary/aromatic N) is 5. The molecular weight excluding hydrogens is 396 g/mol. The summed E-state index contributed by atoms with van der Waals surface area (Å²) in [5, 5.41) is 9.64. The number of aromatic nitrogens is 4. The van der Waals surface area contributed by atoms with Crippen LogP contribution in [0.15, 0.2) is 60.8 Å². The summed E-state index contributed by atoms with van der Waals surface area (Å²) in [7, 11) is 0. The van der Waals surface area contributed by atoms with E-state index in [1.807, 2.05) is 65.5 Å². The van der Waals surface area contributed by atoms with Gasteiger partial charge >= 0.3 is 0 Å². The van der Waals surface area contributed by atoms with E-state index in [0.29, 0.717) is 10.9 Å². The second-order valence-electron chi connectivity index (χ2n) is 7.83. The Bertz CT molecular complexity index is 1160. The lowest BCUT2D eigenvalue weighted by Crippen LogP contribution is -2.35. The normalized spacial score (nSPS) is 16.7. The number of piperidine rings is 1. The smallest absolute Gasteiger partial charge is 0.229 e. The molecule has 2 aromatic carbocycles. The number of para-hydroxylation sites is 1. The molecule has 0 bridgehead atoms. The molecule has 1 atom stereocenters. The van der Waals surface area contributed by atoms with Gasteiger partial charge in [0.1, 0.15) is 5.82 Å². The van der Waals surface area contributed by atoms with Crippen LogP contribution in [-0.2, 0) is 0 Å². The zero-order valence-electron chi connectivity index (χ0n) is 16.8. The van der Waals surface area contributed by atoms with Crippen molar-refractivity contribution in [1.29, 1.82) is 0 Å². The summed E-state index contributed by atoms with van der Waals surface area (Å²) >= 11 is 6.05. The van der Waals surface area contributed by atoms with Crippen molar-refractivity contribution in [2.45, 2.75) is 19.8 Å². The summed E-state index contributed by atoms with van der Waals surface area (Å²) in [6, 6.07) is 17.7. The number of halogens is 1. The van der Waals surface area contributed by atoms with Gasteiger partial charge in [-0.05, 0) is 55.2 Å². The van der Waals surface area contributed by atoms with Gasteiger partial charge < -0.3 is 10.2 Å². The second kappa shape index (κ2) is 7.95. The highest BCUT2D eigenvalue weighted by molar-refractivity contribution is 6.30. The molecule has 1 aliphatic heterocycles. The van der Waals surface area contributed by atoms with Gasteiger partial charge in [-0.2, -0.15) is 15.1 Å². The summed E-state index contributed by atoms with van der Waals surface area (Å²) in [6.07, 6.45) is 4.22. The number of anilines is 3. The quantitative estimate of drug-likeness (QED) is 0.477. The Labute approximate surface area is 180 Å². The molecule has 1 N–H and O–H groups in total. The van der Waals surface area contributed by atoms with Crippen LogP contribution in [0.3, 0.4) is 0 Å². The molecule has 3 heterocycles. The zero-order chi connectivity index (χ0) is 20.5. The van der Waals surface area contributed by atoms with Crippen molar-refractivity contribution in [2.24, 2.45) is 5.92 Å². The summed E-state index contributed by atoms with van der Waals surface area (Å²) in [4.78, 5) is 12.1. The van der Waals surface area contributed by atoms with Gasteiger partial charge in [-0.1, -0.05) is 36.7 Å². The lowest BCUT2D eigenvalue weighted by molar-refractivity contribution is 0.442. The maximum absolute atomic E-state index is 6.05. The molecule has 7 heteroatoms. The first kappa shape index (κ1) is 18.9. The largest absolute Gasteiger partial charge is 0.340 e. The summed E-state index contributed by atoms with van der Waals surface area (Å²) in [6.45, 7) is 4.22. The highest BCUT2D eigenvalue weighted by Crippen LogP contribution is 2.30. The Hall–Kier alpha value is -3.12. The monoisotopic (exact) mass is 418 g/mol. The standard InChI is InChI=1S/C23H23ClN6/c1-16-6-5-13-29(15-16)23-27-21(26-18-11-9-17(24)10-12-18)20-14-25-30(22(20)28-23)19-7-3-2-4-8-19/h2-4,7-12,14,16H,5-6,13,15H2,1H3,(H,26,27,28)/t16-/m0/s1. The molecule has 0 saturated carbocycles. The third-order valence-corrected chi connectivity index (χ3v) is 5.72. The number of rotatable bonds is 4. The van der Waals surface area contributed by atoms with Gasteiger partial charge in [-0.15, -0.1) is 0 Å². The summed E-state index contributed by atoms with van der Waals surface area (Å²) in [5.41, 5.74) is 2.69. The maximum atomic E-state index is 6.05. The van der Waals surface area contributed by atoms with Crippen LogP contribution in [0.25, 0.3) is 16.7 Å². The van der Waals surface area contributed by atoms with E-state index < -0.39 is 0 Å². The molecular formula is C23H23ClN6. The Kier molecular flexibility index (Phi) is 5.01. The molecule has 5 rings (SSSR count). The minimum atomic E-state index is 0.629. The van der Waals surface area contributed by atoms with Gasteiger partial charge in [0.05, 0.1) is 17.3 Å². The van der Waals surface area contributed by atoms with Crippen molar-refractivity contribution in [3.05, 3.63) is 65.8 Å². The van der Waals surface area contributed by atoms with Crippen molar-refractivity contribution in [2.75, 3.05) is 23.3 Å². The van der Waals surface area contributed by atoms with Crippen molar-refractivity contribution in [3.63, 3.8) is 0 Å². The van der Waals surface area contributed by atoms with Crippen molar-refractivity contribution >= 4 is 40.1 Å². The predicted molar refractivity (Wildman–Crippen MR) is 122 cm³/mol. The van der Waals surface area contributed by atoms with E-state index in [1.54, 1.807) is 0 Å². The molecule has 0 unspecified atom stereocenters. The SMILES string of the molecule is C[C@H]1CCCN(c2nc(Nc3ccc(Cl)cc3)c3cnn(-c4ccccc4)c3n2)C1. The molecule has 6 nitrogen and oxygen atoms in total. The van der Waals surface area contributed by atoms with Crippen LogP contribution in [0.5, 0.6) is 0 Å². The lowest BCUT2D eigenvalue weighted by atomic mass is 10.0. The average molecular weight is 419 g/mol. The van der Waals surface area contributed by atoms with Crippen molar-refractivity contribution in [1.82, 2.24) is 19.7 Å². The first-order valence-electron chi connectivity index (χ1n) is 10.3. The number of fused-ring (bicyclic) bond motifs is 1. The summed E-state index contributed by atoms with van der Waals surface area (Å²) < 4.78 is 1.88. The Balaban J connectivity index is 1.63. The van der Waals surface area contributed by atoms with E-state index in [9.17, 15) is 0 Å². The Morgan fingerprint density at radius 2 is 1.83 bits per heavy atom. The molecule has 4 aromatic rings. The topological polar surface area (TPSA) is 58.9 Å². The van der Waals surface area contributed by atoms with E-state index in [4.69, 9.17) is 21.6 Å². The van der Waals surface area contributed by atoms with Gasteiger partial charge in [0.15, 0.2) is 5.65 Å². The van der Waals surface area contributed by atoms with Gasteiger partial charge in [0, 0.05) is 23.8 Å². The third-order valence-electron chi connectivity index (χ3n) is 5.46. The first-order valence-corrected chi connectivity index (χ1v) is 10.6. The van der Waals surface area contributed by atoms with Gasteiger partial charge in [-0.25, -0.2) is 4.68 Å². The third kappa shape index (κ3) is 3.71. The fourth-order valence-corrected chi connectivity index (χ4v) is 4.06. The molecule has 0 radical (unpaired) electrons. The molecule has 1 fully saturated rings. The molecule has 0 spiro atoms. The Morgan fingerprint density at radius 3 is 2.60 bits per heavy atom. The van der Waals surface area contributed by atoms with Gasteiger partial charge in [0.2, 0.25) is 5.95 Å². The highest BCUT2D eigenvalue weighted by atomic mass is 35.5. The molecule has 0 amide bonds. The van der Waals surface area contributed by atoms with Crippen molar-refractivity contribution in [3.8, 4) is 5.69 Å². The van der Waals surface area contributed by atoms with E-state index in [-0.39, 0.29) is 0 Å². The van der Waals surface area contributed by atoms with Crippen molar-refractivity contribution < 1.29 is 0 Å². The van der Waals surface area contributed by atoms with Crippen LogP contribution in [0.2, 0.25) is 5.02 Å². The lowest BCUT2D eigenvalue weighted by Gasteiger charge is -2.31. The van der Waals surface area contributed by atoms with E-state index >= 15 is 0 Å². The summed E-state index contributed by atoms with van der Waals surface area (Å²) in [5.74, 6) is 2.12. The molecule has 1 aliphatic rings. The second-order valence-corrected chi connectivity index (χ2v) is 8.26. The van der Waals surface area contributed by atoms with Crippen LogP contribution in [-0.4, -0.2) is 32.8 Å². The Morgan fingerprint density at radius 1 is 1.03 bits per heavy atom. The predicted octanol–water partition coefficient (Wildman–Crippen LogP) is 5.45. The van der Waals surface area contributed by atoms with Gasteiger partial charge in [0.25, 0.3) is 0 Å². The first-order chi connectivity index (χ1) is 14.7. The fraction of sp³-hybridized carbons (Fsp3) is 0.261. The molecule has 152 valence electrons. The highest BCUT2D eigenvalue weighted by Gasteiger charge is 2.22. The number of nitrogens with one attached hydrogen (secondary N) is 1. The van der Waals surface area contributed by atoms with Crippen LogP contribution < -0.4 is 10.2 Å². The zero-order valence-corrected chi connectivity index (χ0v) is 17.5. The maximum Gasteiger partial charge on any atom is 0.229 e. The minimum Gasteiger partial charge on any atom is -0.340 e. The molecule has 1 saturated heterocycles. The van der Waals surface area contributed by atoms with Gasteiger partial charge in [-0.3, -0.25) is 0 Å². The van der Waals surface area contributed by atoms with E-state index in [0.717, 1.165) is 53.7 Å². The van der Waals surface area contributed by atoms with Crippen LogP contribution in [0.1, 0.15) is 19.8 Å². The molecule has 30 heavy (non-hydrogen) atoms. The van der Waals surface area contributed by atoms with E-state index in [1.165, 1.54) is 6.42 Å². The van der Waals surface area contributed by atoms with Crippen LogP contribution in [0.4, 0.5) is 17.5 Å². The van der Waals surface area contributed by atoms with Crippen LogP contribution in [0, 0.1) is 5.92 Å². The molecule has 0 aliphatic carbocycles.